The zero-order valence-corrected chi connectivity index (χ0v) is 11.8. The van der Waals surface area contributed by atoms with E-state index in [9.17, 15) is 0 Å². The molecule has 0 saturated heterocycles. The summed E-state index contributed by atoms with van der Waals surface area (Å²) in [6.07, 6.45) is 10.3. The first-order chi connectivity index (χ1) is 8.48. The Bertz CT molecular complexity index is 361. The van der Waals surface area contributed by atoms with Crippen molar-refractivity contribution in [1.82, 2.24) is 9.97 Å². The zero-order chi connectivity index (χ0) is 13.2. The first kappa shape index (κ1) is 13.5. The summed E-state index contributed by atoms with van der Waals surface area (Å²) in [4.78, 5) is 8.45. The standard InChI is InChI=1S/C15H25N3/c1-15(2,3)12-6-4-11(5-7-12)14(16)13-10-17-8-9-18-13/h8-12,14H,4-7,16H2,1-3H3. The SMILES string of the molecule is CC(C)(C)C1CCC(C(N)c2cnccn2)CC1. The van der Waals surface area contributed by atoms with Crippen LogP contribution in [0.3, 0.4) is 0 Å². The average molecular weight is 247 g/mol. The number of nitrogens with two attached hydrogens (primary N) is 1. The van der Waals surface area contributed by atoms with Crippen LogP contribution in [0.1, 0.15) is 58.2 Å². The molecule has 0 aromatic carbocycles. The first-order valence-corrected chi connectivity index (χ1v) is 7.00. The summed E-state index contributed by atoms with van der Waals surface area (Å²) >= 11 is 0. The van der Waals surface area contributed by atoms with Gasteiger partial charge in [-0.15, -0.1) is 0 Å². The third kappa shape index (κ3) is 3.08. The molecule has 1 fully saturated rings. The molecule has 1 unspecified atom stereocenters. The average Bonchev–Trinajstić information content (AvgIpc) is 2.38. The van der Waals surface area contributed by atoms with E-state index in [1.807, 2.05) is 0 Å². The summed E-state index contributed by atoms with van der Waals surface area (Å²) in [5.41, 5.74) is 7.70. The van der Waals surface area contributed by atoms with Gasteiger partial charge >= 0.3 is 0 Å². The van der Waals surface area contributed by atoms with E-state index in [0.29, 0.717) is 11.3 Å². The number of hydrogen-bond donors (Lipinski definition) is 1. The highest BCUT2D eigenvalue weighted by Gasteiger charge is 2.32. The fraction of sp³-hybridized carbons (Fsp3) is 0.733. The van der Waals surface area contributed by atoms with Crippen molar-refractivity contribution in [2.75, 3.05) is 0 Å². The smallest absolute Gasteiger partial charge is 0.0756 e. The summed E-state index contributed by atoms with van der Waals surface area (Å²) in [5, 5.41) is 0. The lowest BCUT2D eigenvalue weighted by Gasteiger charge is -2.38. The van der Waals surface area contributed by atoms with Crippen molar-refractivity contribution in [1.29, 1.82) is 0 Å². The minimum Gasteiger partial charge on any atom is -0.322 e. The van der Waals surface area contributed by atoms with Crippen LogP contribution < -0.4 is 5.73 Å². The number of rotatable bonds is 2. The molecule has 100 valence electrons. The molecule has 0 aliphatic heterocycles. The van der Waals surface area contributed by atoms with Gasteiger partial charge in [0.25, 0.3) is 0 Å². The van der Waals surface area contributed by atoms with Gasteiger partial charge in [0, 0.05) is 18.6 Å². The Hall–Kier alpha value is -0.960. The van der Waals surface area contributed by atoms with Crippen LogP contribution >= 0.6 is 0 Å². The van der Waals surface area contributed by atoms with Crippen LogP contribution in [0, 0.1) is 17.3 Å². The maximum absolute atomic E-state index is 6.32. The Kier molecular flexibility index (Phi) is 4.00. The predicted octanol–water partition coefficient (Wildman–Crippen LogP) is 3.33. The van der Waals surface area contributed by atoms with Crippen LogP contribution in [0.25, 0.3) is 0 Å². The van der Waals surface area contributed by atoms with Gasteiger partial charge in [-0.3, -0.25) is 9.97 Å². The molecule has 0 amide bonds. The highest BCUT2D eigenvalue weighted by molar-refractivity contribution is 5.04. The largest absolute Gasteiger partial charge is 0.322 e. The third-order valence-corrected chi connectivity index (χ3v) is 4.43. The van der Waals surface area contributed by atoms with Crippen LogP contribution in [0.2, 0.25) is 0 Å². The number of aromatic nitrogens is 2. The first-order valence-electron chi connectivity index (χ1n) is 7.00. The van der Waals surface area contributed by atoms with Crippen molar-refractivity contribution in [3.63, 3.8) is 0 Å². The quantitative estimate of drug-likeness (QED) is 0.872. The topological polar surface area (TPSA) is 51.8 Å². The molecule has 2 N–H and O–H groups in total. The van der Waals surface area contributed by atoms with Gasteiger partial charge in [0.1, 0.15) is 0 Å². The van der Waals surface area contributed by atoms with Gasteiger partial charge in [-0.05, 0) is 42.9 Å². The summed E-state index contributed by atoms with van der Waals surface area (Å²) in [6, 6.07) is 0.0552. The Morgan fingerprint density at radius 2 is 1.83 bits per heavy atom. The molecule has 1 saturated carbocycles. The molecular weight excluding hydrogens is 222 g/mol. The second kappa shape index (κ2) is 5.35. The fourth-order valence-electron chi connectivity index (χ4n) is 3.07. The summed E-state index contributed by atoms with van der Waals surface area (Å²) in [6.45, 7) is 7.04. The van der Waals surface area contributed by atoms with Gasteiger partial charge < -0.3 is 5.73 Å². The monoisotopic (exact) mass is 247 g/mol. The van der Waals surface area contributed by atoms with E-state index in [0.717, 1.165) is 11.6 Å². The van der Waals surface area contributed by atoms with Crippen LogP contribution in [0.4, 0.5) is 0 Å². The molecule has 0 radical (unpaired) electrons. The lowest BCUT2D eigenvalue weighted by Crippen LogP contribution is -2.31. The molecule has 1 aromatic heterocycles. The van der Waals surface area contributed by atoms with E-state index in [-0.39, 0.29) is 6.04 Å². The minimum atomic E-state index is 0.0552. The molecule has 1 heterocycles. The Morgan fingerprint density at radius 3 is 2.33 bits per heavy atom. The molecule has 0 bridgehead atoms. The maximum atomic E-state index is 6.32. The maximum Gasteiger partial charge on any atom is 0.0756 e. The van der Waals surface area contributed by atoms with E-state index in [1.165, 1.54) is 25.7 Å². The fourth-order valence-corrected chi connectivity index (χ4v) is 3.07. The second-order valence-electron chi connectivity index (χ2n) is 6.63. The Labute approximate surface area is 110 Å². The molecule has 3 heteroatoms. The summed E-state index contributed by atoms with van der Waals surface area (Å²) in [5.74, 6) is 1.41. The summed E-state index contributed by atoms with van der Waals surface area (Å²) in [7, 11) is 0. The molecule has 1 aliphatic rings. The number of hydrogen-bond acceptors (Lipinski definition) is 3. The Morgan fingerprint density at radius 1 is 1.17 bits per heavy atom. The normalized spacial score (nSPS) is 26.9. The van der Waals surface area contributed by atoms with Crippen molar-refractivity contribution >= 4 is 0 Å². The number of nitrogens with zero attached hydrogens (tertiary/aromatic N) is 2. The van der Waals surface area contributed by atoms with Crippen LogP contribution in [-0.4, -0.2) is 9.97 Å². The molecule has 3 nitrogen and oxygen atoms in total. The molecule has 18 heavy (non-hydrogen) atoms. The van der Waals surface area contributed by atoms with Gasteiger partial charge in [-0.2, -0.15) is 0 Å². The third-order valence-electron chi connectivity index (χ3n) is 4.43. The molecular formula is C15H25N3. The van der Waals surface area contributed by atoms with Gasteiger partial charge in [0.15, 0.2) is 0 Å². The van der Waals surface area contributed by atoms with Crippen molar-refractivity contribution in [3.8, 4) is 0 Å². The van der Waals surface area contributed by atoms with Gasteiger partial charge in [-0.1, -0.05) is 20.8 Å². The van der Waals surface area contributed by atoms with E-state index in [2.05, 4.69) is 30.7 Å². The molecule has 1 atom stereocenters. The summed E-state index contributed by atoms with van der Waals surface area (Å²) < 4.78 is 0. The molecule has 1 aliphatic carbocycles. The van der Waals surface area contributed by atoms with Crippen molar-refractivity contribution in [2.24, 2.45) is 23.0 Å². The van der Waals surface area contributed by atoms with Crippen LogP contribution in [-0.2, 0) is 0 Å². The van der Waals surface area contributed by atoms with Gasteiger partial charge in [0.05, 0.1) is 11.7 Å². The highest BCUT2D eigenvalue weighted by atomic mass is 14.8. The lowest BCUT2D eigenvalue weighted by molar-refractivity contribution is 0.139. The van der Waals surface area contributed by atoms with Gasteiger partial charge in [-0.25, -0.2) is 0 Å². The second-order valence-corrected chi connectivity index (χ2v) is 6.63. The Balaban J connectivity index is 1.94. The minimum absolute atomic E-state index is 0.0552. The van der Waals surface area contributed by atoms with Gasteiger partial charge in [0.2, 0.25) is 0 Å². The van der Waals surface area contributed by atoms with Crippen molar-refractivity contribution in [2.45, 2.75) is 52.5 Å². The van der Waals surface area contributed by atoms with E-state index < -0.39 is 0 Å². The molecule has 1 aromatic rings. The van der Waals surface area contributed by atoms with E-state index in [4.69, 9.17) is 5.73 Å². The van der Waals surface area contributed by atoms with Crippen molar-refractivity contribution < 1.29 is 0 Å². The lowest BCUT2D eigenvalue weighted by atomic mass is 9.68. The van der Waals surface area contributed by atoms with E-state index in [1.54, 1.807) is 18.6 Å². The van der Waals surface area contributed by atoms with E-state index >= 15 is 0 Å². The highest BCUT2D eigenvalue weighted by Crippen LogP contribution is 2.42. The zero-order valence-electron chi connectivity index (χ0n) is 11.8. The molecule has 0 spiro atoms. The molecule has 2 rings (SSSR count). The predicted molar refractivity (Wildman–Crippen MR) is 73.9 cm³/mol. The van der Waals surface area contributed by atoms with Crippen molar-refractivity contribution in [3.05, 3.63) is 24.3 Å². The van der Waals surface area contributed by atoms with Crippen LogP contribution in [0.15, 0.2) is 18.6 Å². The van der Waals surface area contributed by atoms with Crippen LogP contribution in [0.5, 0.6) is 0 Å².